The Morgan fingerprint density at radius 3 is 2.47 bits per heavy atom. The number of hydrogen-bond acceptors (Lipinski definition) is 6. The average Bonchev–Trinajstić information content (AvgIpc) is 2.76. The third-order valence-corrected chi connectivity index (χ3v) is 6.21. The Hall–Kier alpha value is -2.77. The normalized spacial score (nSPS) is 12.7. The first-order valence-corrected chi connectivity index (χ1v) is 11.1. The summed E-state index contributed by atoms with van der Waals surface area (Å²) in [5.74, 6) is 1.71. The van der Waals surface area contributed by atoms with Crippen LogP contribution in [0.25, 0.3) is 27.8 Å². The van der Waals surface area contributed by atoms with Crippen molar-refractivity contribution in [1.29, 1.82) is 0 Å². The average molecular weight is 421 g/mol. The van der Waals surface area contributed by atoms with E-state index in [1.807, 2.05) is 55.5 Å². The number of thioether (sulfide) groups is 1. The van der Waals surface area contributed by atoms with E-state index in [2.05, 4.69) is 18.8 Å². The van der Waals surface area contributed by atoms with Crippen LogP contribution in [-0.2, 0) is 0 Å². The molecule has 0 bridgehead atoms. The first-order valence-electron chi connectivity index (χ1n) is 10.0. The second kappa shape index (κ2) is 8.53. The van der Waals surface area contributed by atoms with Crippen molar-refractivity contribution in [3.8, 4) is 11.3 Å². The molecule has 1 N–H and O–H groups in total. The van der Waals surface area contributed by atoms with E-state index in [9.17, 15) is 9.90 Å². The van der Waals surface area contributed by atoms with Crippen LogP contribution in [0.5, 0.6) is 0 Å². The summed E-state index contributed by atoms with van der Waals surface area (Å²) >= 11 is 1.58. The summed E-state index contributed by atoms with van der Waals surface area (Å²) in [6.45, 7) is 6.38. The number of hydrogen-bond donors (Lipinski definition) is 1. The second-order valence-electron chi connectivity index (χ2n) is 7.50. The topological polar surface area (TPSA) is 80.4 Å². The van der Waals surface area contributed by atoms with E-state index < -0.39 is 0 Å². The first-order chi connectivity index (χ1) is 14.5. The fourth-order valence-corrected chi connectivity index (χ4v) is 4.19. The number of rotatable bonds is 6. The highest BCUT2D eigenvalue weighted by molar-refractivity contribution is 7.99. The molecule has 0 aliphatic rings. The van der Waals surface area contributed by atoms with Crippen LogP contribution in [0.2, 0.25) is 0 Å². The molecule has 4 rings (SSSR count). The van der Waals surface area contributed by atoms with E-state index in [0.717, 1.165) is 16.5 Å². The maximum atomic E-state index is 12.9. The van der Waals surface area contributed by atoms with Gasteiger partial charge in [-0.1, -0.05) is 50.2 Å². The highest BCUT2D eigenvalue weighted by atomic mass is 32.2. The third-order valence-electron chi connectivity index (χ3n) is 5.08. The van der Waals surface area contributed by atoms with Gasteiger partial charge in [0.05, 0.1) is 17.4 Å². The Kier molecular flexibility index (Phi) is 5.83. The molecule has 0 fully saturated rings. The van der Waals surface area contributed by atoms with Crippen LogP contribution in [-0.4, -0.2) is 37.0 Å². The molecule has 0 amide bonds. The Balaban J connectivity index is 1.95. The quantitative estimate of drug-likeness (QED) is 0.471. The number of aromatic nitrogens is 4. The lowest BCUT2D eigenvalue weighted by molar-refractivity contribution is 0.322. The molecule has 0 spiro atoms. The molecule has 7 heteroatoms. The van der Waals surface area contributed by atoms with Gasteiger partial charge in [-0.2, -0.15) is 14.6 Å². The summed E-state index contributed by atoms with van der Waals surface area (Å²) in [5, 5.41) is 14.7. The van der Waals surface area contributed by atoms with E-state index >= 15 is 0 Å². The van der Waals surface area contributed by atoms with Gasteiger partial charge in [0.1, 0.15) is 5.82 Å². The zero-order valence-corrected chi connectivity index (χ0v) is 18.1. The highest BCUT2D eigenvalue weighted by Gasteiger charge is 2.18. The summed E-state index contributed by atoms with van der Waals surface area (Å²) in [6, 6.07) is 15.5. The van der Waals surface area contributed by atoms with Crippen LogP contribution >= 0.6 is 11.8 Å². The standard InChI is InChI=1S/C23H24N4O2S/c1-14(2)16-8-10-17(11-9-16)20-23(29)25-22-18-6-4-5-7-19(18)24-21(27(22)26-20)15(3)30-13-12-28/h4-11,14-15,28H,12-13H2,1-3H3. The van der Waals surface area contributed by atoms with E-state index in [1.54, 1.807) is 16.3 Å². The third kappa shape index (κ3) is 3.82. The maximum Gasteiger partial charge on any atom is 0.300 e. The molecule has 2 aromatic heterocycles. The summed E-state index contributed by atoms with van der Waals surface area (Å²) < 4.78 is 1.68. The SMILES string of the molecule is CC(C)c1ccc(-c2nn3c(C(C)SCCO)nc4ccccc4c3nc2=O)cc1. The maximum absolute atomic E-state index is 12.9. The minimum Gasteiger partial charge on any atom is -0.396 e. The molecule has 2 heterocycles. The first kappa shape index (κ1) is 20.5. The molecule has 2 aromatic carbocycles. The molecule has 0 saturated heterocycles. The molecular weight excluding hydrogens is 396 g/mol. The van der Waals surface area contributed by atoms with Crippen LogP contribution in [0.15, 0.2) is 53.3 Å². The second-order valence-corrected chi connectivity index (χ2v) is 8.95. The van der Waals surface area contributed by atoms with Crippen molar-refractivity contribution in [3.63, 3.8) is 0 Å². The minimum absolute atomic E-state index is 0.0303. The van der Waals surface area contributed by atoms with Crippen LogP contribution < -0.4 is 5.56 Å². The van der Waals surface area contributed by atoms with Crippen molar-refractivity contribution in [2.75, 3.05) is 12.4 Å². The molecule has 6 nitrogen and oxygen atoms in total. The monoisotopic (exact) mass is 420 g/mol. The van der Waals surface area contributed by atoms with Gasteiger partial charge in [0.2, 0.25) is 0 Å². The van der Waals surface area contributed by atoms with Gasteiger partial charge in [-0.25, -0.2) is 4.98 Å². The number of para-hydroxylation sites is 1. The molecule has 0 aliphatic carbocycles. The summed E-state index contributed by atoms with van der Waals surface area (Å²) in [6.07, 6.45) is 0. The molecule has 0 radical (unpaired) electrons. The van der Waals surface area contributed by atoms with E-state index in [1.165, 1.54) is 5.56 Å². The van der Waals surface area contributed by atoms with Crippen molar-refractivity contribution in [3.05, 3.63) is 70.3 Å². The van der Waals surface area contributed by atoms with Gasteiger partial charge in [-0.15, -0.1) is 11.8 Å². The smallest absolute Gasteiger partial charge is 0.300 e. The van der Waals surface area contributed by atoms with Gasteiger partial charge >= 0.3 is 0 Å². The van der Waals surface area contributed by atoms with Gasteiger partial charge < -0.3 is 5.11 Å². The fourth-order valence-electron chi connectivity index (χ4n) is 3.43. The summed E-state index contributed by atoms with van der Waals surface area (Å²) in [4.78, 5) is 22.1. The molecule has 1 atom stereocenters. The predicted molar refractivity (Wildman–Crippen MR) is 122 cm³/mol. The summed E-state index contributed by atoms with van der Waals surface area (Å²) in [7, 11) is 0. The number of fused-ring (bicyclic) bond motifs is 3. The van der Waals surface area contributed by atoms with Gasteiger partial charge in [-0.3, -0.25) is 4.79 Å². The van der Waals surface area contributed by atoms with Crippen molar-refractivity contribution >= 4 is 28.3 Å². The fraction of sp³-hybridized carbons (Fsp3) is 0.304. The molecule has 0 saturated carbocycles. The number of benzene rings is 2. The molecule has 0 aliphatic heterocycles. The lowest BCUT2D eigenvalue weighted by atomic mass is 10.0. The van der Waals surface area contributed by atoms with Crippen molar-refractivity contribution in [2.45, 2.75) is 31.9 Å². The summed E-state index contributed by atoms with van der Waals surface area (Å²) in [5.41, 5.74) is 3.16. The van der Waals surface area contributed by atoms with Crippen LogP contribution in [0.1, 0.15) is 43.3 Å². The molecule has 30 heavy (non-hydrogen) atoms. The molecule has 154 valence electrons. The zero-order chi connectivity index (χ0) is 21.3. The van der Waals surface area contributed by atoms with Crippen molar-refractivity contribution < 1.29 is 5.11 Å². The van der Waals surface area contributed by atoms with Crippen molar-refractivity contribution in [1.82, 2.24) is 19.6 Å². The van der Waals surface area contributed by atoms with E-state index in [-0.39, 0.29) is 17.4 Å². The molecule has 1 unspecified atom stereocenters. The zero-order valence-electron chi connectivity index (χ0n) is 17.2. The van der Waals surface area contributed by atoms with Crippen LogP contribution in [0.4, 0.5) is 0 Å². The van der Waals surface area contributed by atoms with Gasteiger partial charge in [-0.05, 0) is 30.5 Å². The number of aliphatic hydroxyl groups excluding tert-OH is 1. The Morgan fingerprint density at radius 1 is 1.03 bits per heavy atom. The van der Waals surface area contributed by atoms with Gasteiger partial charge in [0.25, 0.3) is 5.56 Å². The van der Waals surface area contributed by atoms with E-state index in [4.69, 9.17) is 10.1 Å². The highest BCUT2D eigenvalue weighted by Crippen LogP contribution is 2.29. The van der Waals surface area contributed by atoms with Crippen LogP contribution in [0.3, 0.4) is 0 Å². The number of aliphatic hydroxyl groups is 1. The Bertz CT molecular complexity index is 1250. The molecular formula is C23H24N4O2S. The predicted octanol–water partition coefficient (Wildman–Crippen LogP) is 4.21. The Morgan fingerprint density at radius 2 is 1.77 bits per heavy atom. The lowest BCUT2D eigenvalue weighted by Gasteiger charge is -2.15. The van der Waals surface area contributed by atoms with E-state index in [0.29, 0.717) is 28.8 Å². The van der Waals surface area contributed by atoms with Gasteiger partial charge in [0, 0.05) is 16.7 Å². The van der Waals surface area contributed by atoms with Crippen molar-refractivity contribution in [2.24, 2.45) is 0 Å². The minimum atomic E-state index is -0.356. The largest absolute Gasteiger partial charge is 0.396 e. The van der Waals surface area contributed by atoms with Gasteiger partial charge in [0.15, 0.2) is 11.3 Å². The molecule has 4 aromatic rings. The lowest BCUT2D eigenvalue weighted by Crippen LogP contribution is -2.19. The Labute approximate surface area is 179 Å². The number of nitrogens with zero attached hydrogens (tertiary/aromatic N) is 4. The van der Waals surface area contributed by atoms with Crippen LogP contribution in [0, 0.1) is 0 Å².